The zero-order valence-corrected chi connectivity index (χ0v) is 9.72. The summed E-state index contributed by atoms with van der Waals surface area (Å²) in [4.78, 5) is 10.2. The van der Waals surface area contributed by atoms with Gasteiger partial charge in [-0.25, -0.2) is 0 Å². The molecule has 1 atom stereocenters. The molecule has 1 aromatic carbocycles. The molecule has 0 saturated heterocycles. The van der Waals surface area contributed by atoms with Gasteiger partial charge in [0.25, 0.3) is 5.69 Å². The van der Waals surface area contributed by atoms with Crippen LogP contribution in [-0.2, 0) is 0 Å². The van der Waals surface area contributed by atoms with E-state index >= 15 is 0 Å². The molecule has 0 aliphatic rings. The van der Waals surface area contributed by atoms with Crippen molar-refractivity contribution < 1.29 is 4.92 Å². The molecule has 0 spiro atoms. The first kappa shape index (κ1) is 12.6. The molecule has 0 unspecified atom stereocenters. The zero-order chi connectivity index (χ0) is 12.1. The van der Waals surface area contributed by atoms with Gasteiger partial charge in [0, 0.05) is 18.2 Å². The van der Waals surface area contributed by atoms with E-state index < -0.39 is 4.92 Å². The molecule has 4 nitrogen and oxygen atoms in total. The predicted octanol–water partition coefficient (Wildman–Crippen LogP) is 3.03. The Kier molecular flexibility index (Phi) is 4.43. The molecule has 16 heavy (non-hydrogen) atoms. The summed E-state index contributed by atoms with van der Waals surface area (Å²) < 4.78 is 0. The van der Waals surface area contributed by atoms with Gasteiger partial charge in [-0.05, 0) is 24.3 Å². The van der Waals surface area contributed by atoms with E-state index in [0.29, 0.717) is 5.92 Å². The number of nitrogens with two attached hydrogens (primary N) is 1. The summed E-state index contributed by atoms with van der Waals surface area (Å²) >= 11 is 0. The quantitative estimate of drug-likeness (QED) is 0.615. The van der Waals surface area contributed by atoms with Crippen LogP contribution in [0.4, 0.5) is 5.69 Å². The van der Waals surface area contributed by atoms with Crippen LogP contribution >= 0.6 is 0 Å². The van der Waals surface area contributed by atoms with E-state index in [0.717, 1.165) is 18.4 Å². The van der Waals surface area contributed by atoms with Gasteiger partial charge in [0.2, 0.25) is 0 Å². The van der Waals surface area contributed by atoms with E-state index in [1.165, 1.54) is 6.07 Å². The van der Waals surface area contributed by atoms with Gasteiger partial charge in [0.1, 0.15) is 0 Å². The Hall–Kier alpha value is -1.42. The normalized spacial score (nSPS) is 12.8. The lowest BCUT2D eigenvalue weighted by atomic mass is 9.98. The maximum Gasteiger partial charge on any atom is 0.269 e. The molecule has 0 saturated carbocycles. The molecule has 0 fully saturated rings. The van der Waals surface area contributed by atoms with Gasteiger partial charge in [0.15, 0.2) is 0 Å². The Labute approximate surface area is 95.6 Å². The number of nitro benzene ring substituents is 1. The molecule has 0 aliphatic carbocycles. The first-order valence-electron chi connectivity index (χ1n) is 5.50. The van der Waals surface area contributed by atoms with E-state index in [1.807, 2.05) is 6.07 Å². The van der Waals surface area contributed by atoms with Gasteiger partial charge in [-0.3, -0.25) is 10.1 Å². The van der Waals surface area contributed by atoms with Crippen LogP contribution in [0.1, 0.15) is 38.3 Å². The average Bonchev–Trinajstić information content (AvgIpc) is 2.26. The topological polar surface area (TPSA) is 69.2 Å². The van der Waals surface area contributed by atoms with Crippen LogP contribution in [0.3, 0.4) is 0 Å². The lowest BCUT2D eigenvalue weighted by Crippen LogP contribution is -2.11. The average molecular weight is 222 g/mol. The highest BCUT2D eigenvalue weighted by Crippen LogP contribution is 2.22. The second-order valence-corrected chi connectivity index (χ2v) is 4.43. The van der Waals surface area contributed by atoms with E-state index in [2.05, 4.69) is 13.8 Å². The summed E-state index contributed by atoms with van der Waals surface area (Å²) in [6.45, 7) is 4.28. The summed E-state index contributed by atoms with van der Waals surface area (Å²) in [5, 5.41) is 10.6. The van der Waals surface area contributed by atoms with Gasteiger partial charge >= 0.3 is 0 Å². The van der Waals surface area contributed by atoms with E-state index in [9.17, 15) is 10.1 Å². The Morgan fingerprint density at radius 1 is 1.38 bits per heavy atom. The van der Waals surface area contributed by atoms with Crippen molar-refractivity contribution in [2.45, 2.75) is 32.7 Å². The maximum absolute atomic E-state index is 10.6. The summed E-state index contributed by atoms with van der Waals surface area (Å²) in [7, 11) is 0. The molecule has 4 heteroatoms. The minimum Gasteiger partial charge on any atom is -0.324 e. The second-order valence-electron chi connectivity index (χ2n) is 4.43. The Bertz CT molecular complexity index is 364. The summed E-state index contributed by atoms with van der Waals surface area (Å²) in [6, 6.07) is 6.46. The molecular weight excluding hydrogens is 204 g/mol. The van der Waals surface area contributed by atoms with Crippen LogP contribution in [0, 0.1) is 16.0 Å². The Morgan fingerprint density at radius 3 is 2.62 bits per heavy atom. The van der Waals surface area contributed by atoms with E-state index in [1.54, 1.807) is 12.1 Å². The van der Waals surface area contributed by atoms with Crippen LogP contribution < -0.4 is 5.73 Å². The standard InChI is InChI=1S/C12H18N2O2/c1-9(2)6-7-12(13)10-4-3-5-11(8-10)14(15)16/h3-5,8-9,12H,6-7,13H2,1-2H3/t12-/m0/s1. The maximum atomic E-state index is 10.6. The molecule has 0 aromatic heterocycles. The fraction of sp³-hybridized carbons (Fsp3) is 0.500. The summed E-state index contributed by atoms with van der Waals surface area (Å²) in [5.41, 5.74) is 6.94. The third-order valence-electron chi connectivity index (χ3n) is 2.56. The first-order chi connectivity index (χ1) is 7.50. The molecule has 1 rings (SSSR count). The molecular formula is C12H18N2O2. The highest BCUT2D eigenvalue weighted by molar-refractivity contribution is 5.35. The minimum absolute atomic E-state index is 0.109. The van der Waals surface area contributed by atoms with Crippen LogP contribution in [0.2, 0.25) is 0 Å². The third kappa shape index (κ3) is 3.62. The van der Waals surface area contributed by atoms with Crippen LogP contribution in [0.15, 0.2) is 24.3 Å². The van der Waals surface area contributed by atoms with Gasteiger partial charge in [0.05, 0.1) is 4.92 Å². The van der Waals surface area contributed by atoms with E-state index in [-0.39, 0.29) is 11.7 Å². The van der Waals surface area contributed by atoms with Crippen molar-refractivity contribution in [3.8, 4) is 0 Å². The first-order valence-corrected chi connectivity index (χ1v) is 5.50. The largest absolute Gasteiger partial charge is 0.324 e. The molecule has 0 radical (unpaired) electrons. The lowest BCUT2D eigenvalue weighted by molar-refractivity contribution is -0.384. The third-order valence-corrected chi connectivity index (χ3v) is 2.56. The monoisotopic (exact) mass is 222 g/mol. The van der Waals surface area contributed by atoms with Gasteiger partial charge < -0.3 is 5.73 Å². The number of rotatable bonds is 5. The fourth-order valence-electron chi connectivity index (χ4n) is 1.55. The molecule has 0 heterocycles. The number of hydrogen-bond donors (Lipinski definition) is 1. The van der Waals surface area contributed by atoms with Crippen LogP contribution in [-0.4, -0.2) is 4.92 Å². The fourth-order valence-corrected chi connectivity index (χ4v) is 1.55. The molecule has 0 amide bonds. The number of nitro groups is 1. The minimum atomic E-state index is -0.390. The predicted molar refractivity (Wildman–Crippen MR) is 64.1 cm³/mol. The van der Waals surface area contributed by atoms with Crippen molar-refractivity contribution >= 4 is 5.69 Å². The van der Waals surface area contributed by atoms with Crippen molar-refractivity contribution in [3.63, 3.8) is 0 Å². The molecule has 1 aromatic rings. The smallest absolute Gasteiger partial charge is 0.269 e. The Balaban J connectivity index is 2.71. The van der Waals surface area contributed by atoms with Gasteiger partial charge in [-0.1, -0.05) is 26.0 Å². The van der Waals surface area contributed by atoms with Crippen molar-refractivity contribution in [1.82, 2.24) is 0 Å². The molecule has 88 valence electrons. The van der Waals surface area contributed by atoms with Crippen molar-refractivity contribution in [3.05, 3.63) is 39.9 Å². The lowest BCUT2D eigenvalue weighted by Gasteiger charge is -2.13. The van der Waals surface area contributed by atoms with Crippen LogP contribution in [0.5, 0.6) is 0 Å². The number of nitrogens with zero attached hydrogens (tertiary/aromatic N) is 1. The van der Waals surface area contributed by atoms with Crippen molar-refractivity contribution in [1.29, 1.82) is 0 Å². The second kappa shape index (κ2) is 5.61. The van der Waals surface area contributed by atoms with Crippen molar-refractivity contribution in [2.24, 2.45) is 11.7 Å². The highest BCUT2D eigenvalue weighted by Gasteiger charge is 2.11. The summed E-state index contributed by atoms with van der Waals surface area (Å²) in [6.07, 6.45) is 1.89. The van der Waals surface area contributed by atoms with Gasteiger partial charge in [-0.2, -0.15) is 0 Å². The number of hydrogen-bond acceptors (Lipinski definition) is 3. The molecule has 2 N–H and O–H groups in total. The number of benzene rings is 1. The zero-order valence-electron chi connectivity index (χ0n) is 9.72. The number of non-ortho nitro benzene ring substituents is 1. The van der Waals surface area contributed by atoms with Gasteiger partial charge in [-0.15, -0.1) is 0 Å². The molecule has 0 bridgehead atoms. The van der Waals surface area contributed by atoms with Crippen LogP contribution in [0.25, 0.3) is 0 Å². The van der Waals surface area contributed by atoms with E-state index in [4.69, 9.17) is 5.73 Å². The SMILES string of the molecule is CC(C)CC[C@H](N)c1cccc([N+](=O)[O-])c1. The highest BCUT2D eigenvalue weighted by atomic mass is 16.6. The molecule has 0 aliphatic heterocycles. The van der Waals surface area contributed by atoms with Crippen molar-refractivity contribution in [2.75, 3.05) is 0 Å². The summed E-state index contributed by atoms with van der Waals surface area (Å²) in [5.74, 6) is 0.602. The Morgan fingerprint density at radius 2 is 2.06 bits per heavy atom.